The van der Waals surface area contributed by atoms with E-state index in [4.69, 9.17) is 4.74 Å². The quantitative estimate of drug-likeness (QED) is 0.868. The average Bonchev–Trinajstić information content (AvgIpc) is 2.99. The number of hydrogen-bond donors (Lipinski definition) is 0. The summed E-state index contributed by atoms with van der Waals surface area (Å²) in [6.07, 6.45) is 2.62. The molecule has 0 unspecified atom stereocenters. The number of fused-ring (bicyclic) bond motifs is 1. The van der Waals surface area contributed by atoms with Crippen LogP contribution in [0.3, 0.4) is 0 Å². The summed E-state index contributed by atoms with van der Waals surface area (Å²) < 4.78 is 8.27. The first kappa shape index (κ1) is 10.1. The lowest BCUT2D eigenvalue weighted by Crippen LogP contribution is -2.02. The van der Waals surface area contributed by atoms with Crippen molar-refractivity contribution < 1.29 is 4.74 Å². The highest BCUT2D eigenvalue weighted by molar-refractivity contribution is 9.10. The standard InChI is InChI=1S/C11H12BrN3O/c1-16-9-5-4-8(12)11-10(9)13-14-15(11)6-7-2-3-7/h4-5,7H,2-3,6H2,1H3. The molecule has 1 aromatic carbocycles. The van der Waals surface area contributed by atoms with Gasteiger partial charge in [0.1, 0.15) is 11.3 Å². The normalized spacial score (nSPS) is 15.6. The number of ether oxygens (including phenoxy) is 1. The van der Waals surface area contributed by atoms with E-state index in [0.29, 0.717) is 0 Å². The number of nitrogens with zero attached hydrogens (tertiary/aromatic N) is 3. The van der Waals surface area contributed by atoms with Gasteiger partial charge in [-0.3, -0.25) is 0 Å². The first-order chi connectivity index (χ1) is 7.79. The molecule has 0 N–H and O–H groups in total. The highest BCUT2D eigenvalue weighted by atomic mass is 79.9. The summed E-state index contributed by atoms with van der Waals surface area (Å²) in [5.74, 6) is 1.56. The second kappa shape index (κ2) is 3.73. The topological polar surface area (TPSA) is 39.9 Å². The lowest BCUT2D eigenvalue weighted by Gasteiger charge is -2.04. The van der Waals surface area contributed by atoms with Crippen molar-refractivity contribution in [2.45, 2.75) is 19.4 Å². The van der Waals surface area contributed by atoms with Gasteiger partial charge in [-0.1, -0.05) is 5.21 Å². The lowest BCUT2D eigenvalue weighted by atomic mass is 10.3. The summed E-state index contributed by atoms with van der Waals surface area (Å²) in [7, 11) is 1.66. The molecule has 1 aliphatic rings. The summed E-state index contributed by atoms with van der Waals surface area (Å²) in [4.78, 5) is 0. The van der Waals surface area contributed by atoms with Gasteiger partial charge in [0.15, 0.2) is 5.52 Å². The molecule has 0 radical (unpaired) electrons. The molecule has 2 aromatic rings. The van der Waals surface area contributed by atoms with Crippen LogP contribution < -0.4 is 4.74 Å². The van der Waals surface area contributed by atoms with Crippen molar-refractivity contribution in [1.29, 1.82) is 0 Å². The molecule has 1 fully saturated rings. The molecule has 84 valence electrons. The number of methoxy groups -OCH3 is 1. The zero-order valence-electron chi connectivity index (χ0n) is 8.98. The third kappa shape index (κ3) is 1.59. The first-order valence-electron chi connectivity index (χ1n) is 5.35. The molecule has 0 aliphatic heterocycles. The molecule has 3 rings (SSSR count). The van der Waals surface area contributed by atoms with E-state index in [9.17, 15) is 0 Å². The molecule has 1 aliphatic carbocycles. The highest BCUT2D eigenvalue weighted by Gasteiger charge is 2.24. The van der Waals surface area contributed by atoms with Crippen LogP contribution in [0, 0.1) is 5.92 Å². The Hall–Kier alpha value is -1.10. The second-order valence-corrected chi connectivity index (χ2v) is 5.02. The molecule has 1 saturated carbocycles. The van der Waals surface area contributed by atoms with E-state index >= 15 is 0 Å². The van der Waals surface area contributed by atoms with E-state index in [-0.39, 0.29) is 0 Å². The van der Waals surface area contributed by atoms with Gasteiger partial charge >= 0.3 is 0 Å². The Balaban J connectivity index is 2.15. The van der Waals surface area contributed by atoms with Crippen LogP contribution in [0.5, 0.6) is 5.75 Å². The molecular weight excluding hydrogens is 270 g/mol. The molecule has 4 nitrogen and oxygen atoms in total. The zero-order chi connectivity index (χ0) is 11.1. The number of rotatable bonds is 3. The fraction of sp³-hybridized carbons (Fsp3) is 0.455. The third-order valence-electron chi connectivity index (χ3n) is 2.92. The maximum absolute atomic E-state index is 5.28. The molecule has 5 heteroatoms. The van der Waals surface area contributed by atoms with Gasteiger partial charge < -0.3 is 4.74 Å². The van der Waals surface area contributed by atoms with E-state index in [1.165, 1.54) is 12.8 Å². The summed E-state index contributed by atoms with van der Waals surface area (Å²) in [5.41, 5.74) is 1.86. The Labute approximate surface area is 102 Å². The summed E-state index contributed by atoms with van der Waals surface area (Å²) in [6, 6.07) is 3.89. The largest absolute Gasteiger partial charge is 0.494 e. The van der Waals surface area contributed by atoms with Crippen LogP contribution in [0.2, 0.25) is 0 Å². The van der Waals surface area contributed by atoms with Gasteiger partial charge in [-0.05, 0) is 46.8 Å². The van der Waals surface area contributed by atoms with Crippen LogP contribution >= 0.6 is 15.9 Å². The fourth-order valence-corrected chi connectivity index (χ4v) is 2.38. The predicted octanol–water partition coefficient (Wildman–Crippen LogP) is 2.61. The van der Waals surface area contributed by atoms with Gasteiger partial charge in [0.25, 0.3) is 0 Å². The van der Waals surface area contributed by atoms with E-state index in [2.05, 4.69) is 26.2 Å². The van der Waals surface area contributed by atoms with Crippen LogP contribution in [-0.4, -0.2) is 22.1 Å². The van der Waals surface area contributed by atoms with Crippen molar-refractivity contribution in [3.63, 3.8) is 0 Å². The van der Waals surface area contributed by atoms with Gasteiger partial charge in [0.2, 0.25) is 0 Å². The zero-order valence-corrected chi connectivity index (χ0v) is 10.6. The monoisotopic (exact) mass is 281 g/mol. The minimum Gasteiger partial charge on any atom is -0.494 e. The highest BCUT2D eigenvalue weighted by Crippen LogP contribution is 2.34. The average molecular weight is 282 g/mol. The molecular formula is C11H12BrN3O. The molecule has 16 heavy (non-hydrogen) atoms. The molecule has 1 heterocycles. The second-order valence-electron chi connectivity index (χ2n) is 4.16. The van der Waals surface area contributed by atoms with Gasteiger partial charge in [-0.25, -0.2) is 4.68 Å². The predicted molar refractivity (Wildman–Crippen MR) is 64.5 cm³/mol. The van der Waals surface area contributed by atoms with Gasteiger partial charge in [0.05, 0.1) is 7.11 Å². The van der Waals surface area contributed by atoms with Crippen LogP contribution in [-0.2, 0) is 6.54 Å². The smallest absolute Gasteiger partial charge is 0.156 e. The molecule has 0 bridgehead atoms. The van der Waals surface area contributed by atoms with E-state index in [0.717, 1.165) is 33.7 Å². The van der Waals surface area contributed by atoms with Crippen molar-refractivity contribution in [2.24, 2.45) is 5.92 Å². The maximum atomic E-state index is 5.28. The summed E-state index contributed by atoms with van der Waals surface area (Å²) in [6.45, 7) is 0.961. The van der Waals surface area contributed by atoms with Gasteiger partial charge in [-0.2, -0.15) is 0 Å². The Morgan fingerprint density at radius 3 is 3.00 bits per heavy atom. The first-order valence-corrected chi connectivity index (χ1v) is 6.14. The molecule has 1 aromatic heterocycles. The Kier molecular flexibility index (Phi) is 2.35. The van der Waals surface area contributed by atoms with Crippen LogP contribution in [0.25, 0.3) is 11.0 Å². The van der Waals surface area contributed by atoms with E-state index in [1.807, 2.05) is 16.8 Å². The van der Waals surface area contributed by atoms with Gasteiger partial charge in [-0.15, -0.1) is 5.10 Å². The summed E-state index contributed by atoms with van der Waals surface area (Å²) in [5, 5.41) is 8.39. The molecule has 0 amide bonds. The fourth-order valence-electron chi connectivity index (χ4n) is 1.86. The van der Waals surface area contributed by atoms with Crippen molar-refractivity contribution >= 4 is 27.0 Å². The number of aromatic nitrogens is 3. The van der Waals surface area contributed by atoms with E-state index in [1.54, 1.807) is 7.11 Å². The van der Waals surface area contributed by atoms with Crippen molar-refractivity contribution in [1.82, 2.24) is 15.0 Å². The third-order valence-corrected chi connectivity index (χ3v) is 3.56. The Morgan fingerprint density at radius 2 is 2.31 bits per heavy atom. The van der Waals surface area contributed by atoms with Crippen LogP contribution in [0.4, 0.5) is 0 Å². The van der Waals surface area contributed by atoms with Crippen molar-refractivity contribution in [3.8, 4) is 5.75 Å². The molecule has 0 saturated heterocycles. The number of halogens is 1. The molecule has 0 spiro atoms. The SMILES string of the molecule is COc1ccc(Br)c2c1nnn2CC1CC1. The van der Waals surface area contributed by atoms with E-state index < -0.39 is 0 Å². The molecule has 0 atom stereocenters. The summed E-state index contributed by atoms with van der Waals surface area (Å²) >= 11 is 3.54. The van der Waals surface area contributed by atoms with Gasteiger partial charge in [0, 0.05) is 11.0 Å². The van der Waals surface area contributed by atoms with Crippen molar-refractivity contribution in [2.75, 3.05) is 7.11 Å². The Bertz CT molecular complexity index is 533. The minimum atomic E-state index is 0.778. The Morgan fingerprint density at radius 1 is 1.50 bits per heavy atom. The van der Waals surface area contributed by atoms with Crippen LogP contribution in [0.15, 0.2) is 16.6 Å². The number of hydrogen-bond acceptors (Lipinski definition) is 3. The lowest BCUT2D eigenvalue weighted by molar-refractivity contribution is 0.418. The maximum Gasteiger partial charge on any atom is 0.156 e. The van der Waals surface area contributed by atoms with Crippen LogP contribution in [0.1, 0.15) is 12.8 Å². The van der Waals surface area contributed by atoms with Crippen molar-refractivity contribution in [3.05, 3.63) is 16.6 Å². The number of benzene rings is 1. The minimum absolute atomic E-state index is 0.778.